The summed E-state index contributed by atoms with van der Waals surface area (Å²) >= 11 is 0. The zero-order valence-corrected chi connectivity index (χ0v) is 14.8. The van der Waals surface area contributed by atoms with Gasteiger partial charge in [0.05, 0.1) is 29.2 Å². The van der Waals surface area contributed by atoms with Gasteiger partial charge >= 0.3 is 0 Å². The smallest absolute Gasteiger partial charge is 0.257 e. The van der Waals surface area contributed by atoms with Gasteiger partial charge in [-0.1, -0.05) is 12.1 Å². The lowest BCUT2D eigenvalue weighted by Crippen LogP contribution is -2.35. The van der Waals surface area contributed by atoms with Gasteiger partial charge in [0.15, 0.2) is 0 Å². The summed E-state index contributed by atoms with van der Waals surface area (Å²) in [6.45, 7) is 6.36. The molecule has 24 heavy (non-hydrogen) atoms. The van der Waals surface area contributed by atoms with Crippen LogP contribution in [-0.2, 0) is 0 Å². The molecule has 3 rings (SSSR count). The van der Waals surface area contributed by atoms with Crippen molar-refractivity contribution >= 4 is 5.91 Å². The van der Waals surface area contributed by atoms with Crippen LogP contribution in [0.25, 0.3) is 5.69 Å². The average Bonchev–Trinajstić information content (AvgIpc) is 3.32. The van der Waals surface area contributed by atoms with Crippen LogP contribution >= 0.6 is 0 Å². The van der Waals surface area contributed by atoms with E-state index >= 15 is 0 Å². The molecule has 1 fully saturated rings. The molecule has 1 amide bonds. The van der Waals surface area contributed by atoms with Crippen molar-refractivity contribution in [2.75, 3.05) is 13.6 Å². The number of aliphatic hydroxyl groups excluding tert-OH is 1. The number of benzene rings is 1. The second-order valence-electron chi connectivity index (χ2n) is 6.94. The molecule has 1 unspecified atom stereocenters. The minimum absolute atomic E-state index is 0.0937. The van der Waals surface area contributed by atoms with Crippen LogP contribution in [-0.4, -0.2) is 45.4 Å². The van der Waals surface area contributed by atoms with Crippen molar-refractivity contribution in [3.05, 3.63) is 46.8 Å². The van der Waals surface area contributed by atoms with Crippen molar-refractivity contribution < 1.29 is 9.90 Å². The lowest BCUT2D eigenvalue weighted by atomic mass is 10.1. The molecular formula is C19H25N3O2. The summed E-state index contributed by atoms with van der Waals surface area (Å²) in [5.74, 6) is 0.266. The van der Waals surface area contributed by atoms with Crippen molar-refractivity contribution in [3.63, 3.8) is 0 Å². The van der Waals surface area contributed by atoms with E-state index in [-0.39, 0.29) is 5.91 Å². The number of aliphatic hydroxyl groups is 1. The molecule has 5 heteroatoms. The van der Waals surface area contributed by atoms with Crippen molar-refractivity contribution in [1.29, 1.82) is 0 Å². The highest BCUT2D eigenvalue weighted by Gasteiger charge is 2.31. The molecule has 0 saturated heterocycles. The van der Waals surface area contributed by atoms with Crippen molar-refractivity contribution in [1.82, 2.24) is 14.7 Å². The van der Waals surface area contributed by atoms with Gasteiger partial charge in [-0.2, -0.15) is 5.10 Å². The molecule has 0 spiro atoms. The lowest BCUT2D eigenvalue weighted by Gasteiger charge is -2.20. The minimum Gasteiger partial charge on any atom is -0.391 e. The zero-order chi connectivity index (χ0) is 17.4. The van der Waals surface area contributed by atoms with E-state index in [1.54, 1.807) is 18.1 Å². The van der Waals surface area contributed by atoms with E-state index in [2.05, 4.69) is 23.3 Å². The highest BCUT2D eigenvalue weighted by atomic mass is 16.3. The van der Waals surface area contributed by atoms with E-state index in [1.807, 2.05) is 25.5 Å². The van der Waals surface area contributed by atoms with Gasteiger partial charge in [-0.15, -0.1) is 0 Å². The molecule has 1 aliphatic carbocycles. The molecule has 1 atom stereocenters. The first-order valence-electron chi connectivity index (χ1n) is 8.44. The van der Waals surface area contributed by atoms with Crippen LogP contribution in [0.3, 0.4) is 0 Å². The molecule has 0 aliphatic heterocycles. The number of likely N-dealkylation sites (N-methyl/N-ethyl adjacent to an activating group) is 1. The lowest BCUT2D eigenvalue weighted by molar-refractivity contribution is 0.0644. The van der Waals surface area contributed by atoms with E-state index in [4.69, 9.17) is 0 Å². The van der Waals surface area contributed by atoms with Gasteiger partial charge in [-0.3, -0.25) is 4.79 Å². The van der Waals surface area contributed by atoms with Gasteiger partial charge in [0.1, 0.15) is 0 Å². The number of hydrogen-bond acceptors (Lipinski definition) is 3. The SMILES string of the molecule is Cc1ccc(C)c(-n2ncc(C(=O)N(C)CC(O)C3CC3)c2C)c1. The number of nitrogens with zero attached hydrogens (tertiary/aromatic N) is 3. The molecular weight excluding hydrogens is 302 g/mol. The molecule has 128 valence electrons. The highest BCUT2D eigenvalue weighted by molar-refractivity contribution is 5.95. The Morgan fingerprint density at radius 2 is 2.08 bits per heavy atom. The topological polar surface area (TPSA) is 58.4 Å². The van der Waals surface area contributed by atoms with E-state index in [0.717, 1.165) is 35.3 Å². The summed E-state index contributed by atoms with van der Waals surface area (Å²) in [4.78, 5) is 14.3. The monoisotopic (exact) mass is 327 g/mol. The average molecular weight is 327 g/mol. The van der Waals surface area contributed by atoms with Crippen LogP contribution in [0.2, 0.25) is 0 Å². The zero-order valence-electron chi connectivity index (χ0n) is 14.8. The Balaban J connectivity index is 1.83. The third-order valence-corrected chi connectivity index (χ3v) is 4.81. The molecule has 1 saturated carbocycles. The summed E-state index contributed by atoms with van der Waals surface area (Å²) in [5, 5.41) is 14.5. The van der Waals surface area contributed by atoms with Crippen LogP contribution in [0.5, 0.6) is 0 Å². The van der Waals surface area contributed by atoms with Gasteiger partial charge < -0.3 is 10.0 Å². The third-order valence-electron chi connectivity index (χ3n) is 4.81. The Morgan fingerprint density at radius 1 is 1.38 bits per heavy atom. The maximum atomic E-state index is 12.7. The van der Waals surface area contributed by atoms with Gasteiger partial charge in [-0.05, 0) is 56.7 Å². The maximum absolute atomic E-state index is 12.7. The summed E-state index contributed by atoms with van der Waals surface area (Å²) < 4.78 is 1.82. The molecule has 0 radical (unpaired) electrons. The van der Waals surface area contributed by atoms with Crippen LogP contribution in [0.15, 0.2) is 24.4 Å². The summed E-state index contributed by atoms with van der Waals surface area (Å²) in [7, 11) is 1.74. The fourth-order valence-corrected chi connectivity index (χ4v) is 3.01. The second-order valence-corrected chi connectivity index (χ2v) is 6.94. The molecule has 5 nitrogen and oxygen atoms in total. The van der Waals surface area contributed by atoms with Crippen LogP contribution in [0.4, 0.5) is 0 Å². The van der Waals surface area contributed by atoms with E-state index in [0.29, 0.717) is 18.0 Å². The molecule has 1 heterocycles. The third kappa shape index (κ3) is 3.22. The number of aromatic nitrogens is 2. The van der Waals surface area contributed by atoms with Gasteiger partial charge in [-0.25, -0.2) is 4.68 Å². The number of amides is 1. The molecule has 1 aliphatic rings. The first kappa shape index (κ1) is 16.7. The van der Waals surface area contributed by atoms with Gasteiger partial charge in [0.25, 0.3) is 5.91 Å². The summed E-state index contributed by atoms with van der Waals surface area (Å²) in [6, 6.07) is 6.20. The predicted octanol–water partition coefficient (Wildman–Crippen LogP) is 2.64. The number of hydrogen-bond donors (Lipinski definition) is 1. The Hall–Kier alpha value is -2.14. The first-order chi connectivity index (χ1) is 11.4. The summed E-state index contributed by atoms with van der Waals surface area (Å²) in [6.07, 6.45) is 3.33. The minimum atomic E-state index is -0.423. The van der Waals surface area contributed by atoms with Crippen molar-refractivity contribution in [2.45, 2.75) is 39.7 Å². The molecule has 2 aromatic rings. The van der Waals surface area contributed by atoms with E-state index in [1.165, 1.54) is 0 Å². The van der Waals surface area contributed by atoms with E-state index < -0.39 is 6.10 Å². The Morgan fingerprint density at radius 3 is 2.75 bits per heavy atom. The van der Waals surface area contributed by atoms with E-state index in [9.17, 15) is 9.90 Å². The largest absolute Gasteiger partial charge is 0.391 e. The van der Waals surface area contributed by atoms with Crippen LogP contribution < -0.4 is 0 Å². The number of rotatable bonds is 5. The van der Waals surface area contributed by atoms with Gasteiger partial charge in [0, 0.05) is 13.6 Å². The Kier molecular flexibility index (Phi) is 4.45. The predicted molar refractivity (Wildman–Crippen MR) is 93.5 cm³/mol. The second kappa shape index (κ2) is 6.40. The molecule has 0 bridgehead atoms. The molecule has 1 N–H and O–H groups in total. The number of carbonyl (C=O) groups excluding carboxylic acids is 1. The van der Waals surface area contributed by atoms with Gasteiger partial charge in [0.2, 0.25) is 0 Å². The van der Waals surface area contributed by atoms with Crippen molar-refractivity contribution in [2.24, 2.45) is 5.92 Å². The van der Waals surface area contributed by atoms with Crippen LogP contribution in [0.1, 0.15) is 40.0 Å². The van der Waals surface area contributed by atoms with Crippen LogP contribution in [0, 0.1) is 26.7 Å². The normalized spacial score (nSPS) is 15.4. The first-order valence-corrected chi connectivity index (χ1v) is 8.44. The number of aryl methyl sites for hydroxylation is 2. The number of carbonyl (C=O) groups is 1. The molecule has 1 aromatic carbocycles. The Labute approximate surface area is 142 Å². The molecule has 1 aromatic heterocycles. The van der Waals surface area contributed by atoms with Crippen molar-refractivity contribution in [3.8, 4) is 5.69 Å². The fraction of sp³-hybridized carbons (Fsp3) is 0.474. The quantitative estimate of drug-likeness (QED) is 0.918. The standard InChI is InChI=1S/C19H25N3O2/c1-12-5-6-13(2)17(9-12)22-14(3)16(10-20-22)19(24)21(4)11-18(23)15-7-8-15/h5-6,9-10,15,18,23H,7-8,11H2,1-4H3. The Bertz CT molecular complexity index is 762. The summed E-state index contributed by atoms with van der Waals surface area (Å²) in [5.41, 5.74) is 4.67. The maximum Gasteiger partial charge on any atom is 0.257 e. The fourth-order valence-electron chi connectivity index (χ4n) is 3.01. The highest BCUT2D eigenvalue weighted by Crippen LogP contribution is 2.33.